The minimum absolute atomic E-state index is 0.0582. The number of carbonyl (C=O) groups excluding carboxylic acids is 2. The van der Waals surface area contributed by atoms with Gasteiger partial charge in [0.05, 0.1) is 5.69 Å². The van der Waals surface area contributed by atoms with Gasteiger partial charge in [0.1, 0.15) is 17.7 Å². The SMILES string of the molecule is CC(NC(=O)OC(C)(C)C)C(=O)NC1CCN(c2cccnc2C#N)C1. The summed E-state index contributed by atoms with van der Waals surface area (Å²) >= 11 is 0. The fourth-order valence-corrected chi connectivity index (χ4v) is 2.71. The van der Waals surface area contributed by atoms with Crippen molar-refractivity contribution >= 4 is 17.7 Å². The first-order chi connectivity index (χ1) is 12.2. The number of nitrogens with one attached hydrogen (secondary N) is 2. The lowest BCUT2D eigenvalue weighted by Crippen LogP contribution is -2.49. The number of nitriles is 1. The quantitative estimate of drug-likeness (QED) is 0.845. The van der Waals surface area contributed by atoms with Crippen LogP contribution in [0.1, 0.15) is 39.8 Å². The third kappa shape index (κ3) is 5.34. The second-order valence-corrected chi connectivity index (χ2v) is 7.29. The lowest BCUT2D eigenvalue weighted by Gasteiger charge is -2.23. The summed E-state index contributed by atoms with van der Waals surface area (Å²) in [6.45, 7) is 8.21. The van der Waals surface area contributed by atoms with Crippen molar-refractivity contribution in [3.05, 3.63) is 24.0 Å². The molecule has 1 aromatic heterocycles. The van der Waals surface area contributed by atoms with Gasteiger partial charge >= 0.3 is 6.09 Å². The van der Waals surface area contributed by atoms with E-state index in [2.05, 4.69) is 21.7 Å². The molecule has 0 bridgehead atoms. The van der Waals surface area contributed by atoms with Crippen LogP contribution in [0.2, 0.25) is 0 Å². The Morgan fingerprint density at radius 1 is 1.46 bits per heavy atom. The summed E-state index contributed by atoms with van der Waals surface area (Å²) < 4.78 is 5.15. The summed E-state index contributed by atoms with van der Waals surface area (Å²) in [5.74, 6) is -0.269. The number of nitrogens with zero attached hydrogens (tertiary/aromatic N) is 3. The number of carbonyl (C=O) groups is 2. The monoisotopic (exact) mass is 359 g/mol. The second kappa shape index (κ2) is 8.04. The number of alkyl carbamates (subject to hydrolysis) is 1. The number of hydrogen-bond acceptors (Lipinski definition) is 6. The molecular weight excluding hydrogens is 334 g/mol. The number of hydrogen-bond donors (Lipinski definition) is 2. The van der Waals surface area contributed by atoms with Crippen LogP contribution in [-0.2, 0) is 9.53 Å². The molecule has 0 radical (unpaired) electrons. The summed E-state index contributed by atoms with van der Waals surface area (Å²) in [4.78, 5) is 30.2. The van der Waals surface area contributed by atoms with Crippen molar-refractivity contribution in [1.29, 1.82) is 5.26 Å². The topological polar surface area (TPSA) is 107 Å². The lowest BCUT2D eigenvalue weighted by molar-refractivity contribution is -0.123. The van der Waals surface area contributed by atoms with Gasteiger partial charge in [-0.05, 0) is 46.2 Å². The Morgan fingerprint density at radius 3 is 2.85 bits per heavy atom. The maximum atomic E-state index is 12.3. The van der Waals surface area contributed by atoms with Crippen LogP contribution < -0.4 is 15.5 Å². The molecule has 0 spiro atoms. The van der Waals surface area contributed by atoms with Gasteiger partial charge in [0.15, 0.2) is 5.69 Å². The van der Waals surface area contributed by atoms with Gasteiger partial charge in [0.2, 0.25) is 5.91 Å². The number of ether oxygens (including phenoxy) is 1. The van der Waals surface area contributed by atoms with E-state index < -0.39 is 17.7 Å². The van der Waals surface area contributed by atoms with E-state index in [-0.39, 0.29) is 11.9 Å². The highest BCUT2D eigenvalue weighted by Crippen LogP contribution is 2.22. The van der Waals surface area contributed by atoms with Crippen LogP contribution in [0, 0.1) is 11.3 Å². The van der Waals surface area contributed by atoms with Gasteiger partial charge in [-0.15, -0.1) is 0 Å². The minimum atomic E-state index is -0.702. The Labute approximate surface area is 153 Å². The van der Waals surface area contributed by atoms with E-state index in [1.54, 1.807) is 40.0 Å². The van der Waals surface area contributed by atoms with Gasteiger partial charge in [0.25, 0.3) is 0 Å². The van der Waals surface area contributed by atoms with Crippen LogP contribution in [0.3, 0.4) is 0 Å². The Bertz CT molecular complexity index is 708. The van der Waals surface area contributed by atoms with E-state index in [0.717, 1.165) is 18.7 Å². The molecule has 140 valence electrons. The average Bonchev–Trinajstić information content (AvgIpc) is 3.01. The van der Waals surface area contributed by atoms with E-state index in [0.29, 0.717) is 12.2 Å². The zero-order valence-corrected chi connectivity index (χ0v) is 15.6. The fourth-order valence-electron chi connectivity index (χ4n) is 2.71. The van der Waals surface area contributed by atoms with Gasteiger partial charge in [-0.25, -0.2) is 9.78 Å². The molecule has 2 amide bonds. The fraction of sp³-hybridized carbons (Fsp3) is 0.556. The number of aromatic nitrogens is 1. The van der Waals surface area contributed by atoms with E-state index in [4.69, 9.17) is 10.00 Å². The maximum Gasteiger partial charge on any atom is 0.408 e. The molecule has 1 fully saturated rings. The van der Waals surface area contributed by atoms with Gasteiger partial charge in [-0.3, -0.25) is 4.79 Å². The first-order valence-corrected chi connectivity index (χ1v) is 8.59. The molecule has 1 aromatic rings. The van der Waals surface area contributed by atoms with Crippen LogP contribution in [0.4, 0.5) is 10.5 Å². The highest BCUT2D eigenvalue weighted by Gasteiger charge is 2.28. The smallest absolute Gasteiger partial charge is 0.408 e. The molecule has 1 aliphatic heterocycles. The molecule has 2 rings (SSSR count). The summed E-state index contributed by atoms with van der Waals surface area (Å²) in [6, 6.07) is 4.96. The Morgan fingerprint density at radius 2 is 2.19 bits per heavy atom. The summed E-state index contributed by atoms with van der Waals surface area (Å²) in [6.07, 6.45) is 1.72. The Kier molecular flexibility index (Phi) is 6.03. The molecule has 26 heavy (non-hydrogen) atoms. The molecule has 1 aliphatic rings. The standard InChI is InChI=1S/C18H25N5O3/c1-12(21-17(25)26-18(2,3)4)16(24)22-13-7-9-23(11-13)15-6-5-8-20-14(15)10-19/h5-6,8,12-13H,7,9,11H2,1-4H3,(H,21,25)(H,22,24). The predicted octanol–water partition coefficient (Wildman–Crippen LogP) is 1.56. The van der Waals surface area contributed by atoms with Crippen molar-refractivity contribution in [1.82, 2.24) is 15.6 Å². The van der Waals surface area contributed by atoms with Gasteiger partial charge in [-0.2, -0.15) is 5.26 Å². The normalized spacial score (nSPS) is 18.0. The number of anilines is 1. The summed E-state index contributed by atoms with van der Waals surface area (Å²) in [7, 11) is 0. The molecule has 1 saturated heterocycles. The van der Waals surface area contributed by atoms with E-state index >= 15 is 0 Å². The largest absolute Gasteiger partial charge is 0.444 e. The third-order valence-corrected chi connectivity index (χ3v) is 3.89. The van der Waals surface area contributed by atoms with Crippen LogP contribution in [-0.4, -0.2) is 47.8 Å². The maximum absolute atomic E-state index is 12.3. The molecule has 0 aromatic carbocycles. The molecule has 2 N–H and O–H groups in total. The van der Waals surface area contributed by atoms with Crippen molar-refractivity contribution in [2.45, 2.75) is 51.8 Å². The van der Waals surface area contributed by atoms with E-state index in [9.17, 15) is 9.59 Å². The highest BCUT2D eigenvalue weighted by atomic mass is 16.6. The summed E-state index contributed by atoms with van der Waals surface area (Å²) in [5.41, 5.74) is 0.528. The van der Waals surface area contributed by atoms with Crippen LogP contribution in [0.25, 0.3) is 0 Å². The lowest BCUT2D eigenvalue weighted by atomic mass is 10.2. The van der Waals surface area contributed by atoms with Gasteiger partial charge in [0, 0.05) is 25.3 Å². The Balaban J connectivity index is 1.87. The van der Waals surface area contributed by atoms with Crippen molar-refractivity contribution in [3.63, 3.8) is 0 Å². The second-order valence-electron chi connectivity index (χ2n) is 7.29. The zero-order valence-electron chi connectivity index (χ0n) is 15.6. The van der Waals surface area contributed by atoms with Crippen molar-refractivity contribution in [3.8, 4) is 6.07 Å². The number of pyridine rings is 1. The van der Waals surface area contributed by atoms with Crippen LogP contribution in [0.5, 0.6) is 0 Å². The molecule has 2 heterocycles. The van der Waals surface area contributed by atoms with Crippen LogP contribution in [0.15, 0.2) is 18.3 Å². The number of amides is 2. The summed E-state index contributed by atoms with van der Waals surface area (Å²) in [5, 5.41) is 14.6. The molecule has 2 unspecified atom stereocenters. The average molecular weight is 359 g/mol. The first kappa shape index (κ1) is 19.5. The van der Waals surface area contributed by atoms with Crippen molar-refractivity contribution in [2.24, 2.45) is 0 Å². The van der Waals surface area contributed by atoms with Gasteiger partial charge in [-0.1, -0.05) is 0 Å². The minimum Gasteiger partial charge on any atom is -0.444 e. The van der Waals surface area contributed by atoms with Crippen LogP contribution >= 0.6 is 0 Å². The zero-order chi connectivity index (χ0) is 19.3. The van der Waals surface area contributed by atoms with Crippen molar-refractivity contribution in [2.75, 3.05) is 18.0 Å². The third-order valence-electron chi connectivity index (χ3n) is 3.89. The number of rotatable bonds is 4. The molecule has 0 saturated carbocycles. The molecule has 0 aliphatic carbocycles. The first-order valence-electron chi connectivity index (χ1n) is 8.59. The molecule has 8 nitrogen and oxygen atoms in total. The molecule has 2 atom stereocenters. The van der Waals surface area contributed by atoms with Gasteiger partial charge < -0.3 is 20.3 Å². The predicted molar refractivity (Wildman–Crippen MR) is 96.5 cm³/mol. The molecule has 8 heteroatoms. The van der Waals surface area contributed by atoms with Crippen molar-refractivity contribution < 1.29 is 14.3 Å². The highest BCUT2D eigenvalue weighted by molar-refractivity contribution is 5.85. The Hall–Kier alpha value is -2.82. The molecular formula is C18H25N5O3. The van der Waals surface area contributed by atoms with E-state index in [1.807, 2.05) is 11.0 Å². The van der Waals surface area contributed by atoms with E-state index in [1.165, 1.54) is 0 Å².